The number of hydrogen-bond donors (Lipinski definition) is 2. The standard InChI is InChI=1S/C10H12N2O2.2ClH/c11-9(5-13)7-1-2-8(4-3-7)10(12)6-14;;/h1-6,9-10H,11-12H2;2*1H. The summed E-state index contributed by atoms with van der Waals surface area (Å²) in [5.41, 5.74) is 12.4. The minimum atomic E-state index is -0.614. The van der Waals surface area contributed by atoms with Gasteiger partial charge in [0.25, 0.3) is 0 Å². The van der Waals surface area contributed by atoms with Crippen molar-refractivity contribution in [1.82, 2.24) is 0 Å². The molecule has 0 saturated carbocycles. The molecule has 0 amide bonds. The minimum absolute atomic E-state index is 0. The maximum absolute atomic E-state index is 10.4. The highest BCUT2D eigenvalue weighted by Crippen LogP contribution is 2.13. The Morgan fingerprint density at radius 3 is 1.25 bits per heavy atom. The first-order valence-corrected chi connectivity index (χ1v) is 4.20. The predicted molar refractivity (Wildman–Crippen MR) is 66.9 cm³/mol. The van der Waals surface area contributed by atoms with E-state index in [2.05, 4.69) is 0 Å². The monoisotopic (exact) mass is 264 g/mol. The molecule has 1 aromatic rings. The molecule has 1 aromatic carbocycles. The van der Waals surface area contributed by atoms with Crippen LogP contribution in [0.5, 0.6) is 0 Å². The molecule has 16 heavy (non-hydrogen) atoms. The van der Waals surface area contributed by atoms with Crippen LogP contribution in [0.4, 0.5) is 0 Å². The Morgan fingerprint density at radius 2 is 1.06 bits per heavy atom. The first-order chi connectivity index (χ1) is 6.69. The van der Waals surface area contributed by atoms with E-state index in [1.165, 1.54) is 0 Å². The van der Waals surface area contributed by atoms with E-state index in [9.17, 15) is 9.59 Å². The van der Waals surface area contributed by atoms with Gasteiger partial charge in [0.1, 0.15) is 12.6 Å². The fraction of sp³-hybridized carbons (Fsp3) is 0.200. The molecule has 6 heteroatoms. The molecule has 1 rings (SSSR count). The largest absolute Gasteiger partial charge is 0.318 e. The molecule has 90 valence electrons. The third-order valence-corrected chi connectivity index (χ3v) is 2.00. The Labute approximate surface area is 106 Å². The summed E-state index contributed by atoms with van der Waals surface area (Å²) >= 11 is 0. The molecule has 0 aliphatic rings. The fourth-order valence-corrected chi connectivity index (χ4v) is 1.10. The minimum Gasteiger partial charge on any atom is -0.318 e. The van der Waals surface area contributed by atoms with Crippen LogP contribution in [0, 0.1) is 0 Å². The normalized spacial score (nSPS) is 12.6. The van der Waals surface area contributed by atoms with Crippen molar-refractivity contribution in [3.8, 4) is 0 Å². The lowest BCUT2D eigenvalue weighted by Crippen LogP contribution is -2.13. The van der Waals surface area contributed by atoms with E-state index in [-0.39, 0.29) is 24.8 Å². The molecule has 0 aromatic heterocycles. The lowest BCUT2D eigenvalue weighted by molar-refractivity contribution is -0.109. The Bertz CT molecular complexity index is 297. The number of hydrogen-bond acceptors (Lipinski definition) is 4. The molecule has 0 fully saturated rings. The quantitative estimate of drug-likeness (QED) is 0.793. The van der Waals surface area contributed by atoms with Crippen molar-refractivity contribution in [3.63, 3.8) is 0 Å². The summed E-state index contributed by atoms with van der Waals surface area (Å²) in [6.07, 6.45) is 1.32. The van der Waals surface area contributed by atoms with Crippen LogP contribution in [-0.4, -0.2) is 12.6 Å². The molecule has 2 atom stereocenters. The van der Waals surface area contributed by atoms with Crippen LogP contribution in [0.1, 0.15) is 23.2 Å². The van der Waals surface area contributed by atoms with Gasteiger partial charge in [0.2, 0.25) is 0 Å². The zero-order chi connectivity index (χ0) is 10.6. The Balaban J connectivity index is 0. The topological polar surface area (TPSA) is 86.2 Å². The van der Waals surface area contributed by atoms with Crippen LogP contribution in [0.3, 0.4) is 0 Å². The van der Waals surface area contributed by atoms with Gasteiger partial charge in [0, 0.05) is 0 Å². The summed E-state index contributed by atoms with van der Waals surface area (Å²) in [5.74, 6) is 0. The summed E-state index contributed by atoms with van der Waals surface area (Å²) in [7, 11) is 0. The summed E-state index contributed by atoms with van der Waals surface area (Å²) < 4.78 is 0. The van der Waals surface area contributed by atoms with Crippen molar-refractivity contribution in [2.24, 2.45) is 11.5 Å². The molecule has 0 saturated heterocycles. The first kappa shape index (κ1) is 17.5. The average molecular weight is 265 g/mol. The Morgan fingerprint density at radius 1 is 0.812 bits per heavy atom. The van der Waals surface area contributed by atoms with Crippen LogP contribution in [0.25, 0.3) is 0 Å². The molecular weight excluding hydrogens is 251 g/mol. The van der Waals surface area contributed by atoms with Crippen molar-refractivity contribution in [2.75, 3.05) is 0 Å². The van der Waals surface area contributed by atoms with Gasteiger partial charge >= 0.3 is 0 Å². The zero-order valence-corrected chi connectivity index (χ0v) is 10.0. The summed E-state index contributed by atoms with van der Waals surface area (Å²) in [5, 5.41) is 0. The highest BCUT2D eigenvalue weighted by molar-refractivity contribution is 5.85. The number of aldehydes is 2. The van der Waals surface area contributed by atoms with Crippen molar-refractivity contribution in [3.05, 3.63) is 35.4 Å². The second-order valence-electron chi connectivity index (χ2n) is 2.99. The van der Waals surface area contributed by atoms with Crippen molar-refractivity contribution in [1.29, 1.82) is 0 Å². The second-order valence-corrected chi connectivity index (χ2v) is 2.99. The van der Waals surface area contributed by atoms with E-state index in [1.807, 2.05) is 0 Å². The fourth-order valence-electron chi connectivity index (χ4n) is 1.10. The highest BCUT2D eigenvalue weighted by Gasteiger charge is 2.06. The average Bonchev–Trinajstić information content (AvgIpc) is 2.27. The SMILES string of the molecule is Cl.Cl.NC(C=O)c1ccc(C(N)C=O)cc1. The number of carbonyl (C=O) groups is 2. The van der Waals surface area contributed by atoms with Gasteiger partial charge in [-0.2, -0.15) is 0 Å². The summed E-state index contributed by atoms with van der Waals surface area (Å²) in [6.45, 7) is 0. The Hall–Kier alpha value is -0.940. The van der Waals surface area contributed by atoms with Crippen molar-refractivity contribution in [2.45, 2.75) is 12.1 Å². The van der Waals surface area contributed by atoms with Gasteiger partial charge in [-0.3, -0.25) is 0 Å². The summed E-state index contributed by atoms with van der Waals surface area (Å²) in [6, 6.07) is 5.54. The predicted octanol–water partition coefficient (Wildman–Crippen LogP) is 0.928. The molecule has 0 heterocycles. The smallest absolute Gasteiger partial charge is 0.141 e. The van der Waals surface area contributed by atoms with Crippen molar-refractivity contribution >= 4 is 37.4 Å². The van der Waals surface area contributed by atoms with E-state index in [0.29, 0.717) is 23.7 Å². The van der Waals surface area contributed by atoms with Crippen LogP contribution in [0.2, 0.25) is 0 Å². The Kier molecular flexibility index (Phi) is 8.99. The summed E-state index contributed by atoms with van der Waals surface area (Å²) in [4.78, 5) is 20.7. The molecule has 0 radical (unpaired) electrons. The third-order valence-electron chi connectivity index (χ3n) is 2.00. The molecule has 0 aliphatic carbocycles. The van der Waals surface area contributed by atoms with Gasteiger partial charge in [-0.15, -0.1) is 24.8 Å². The van der Waals surface area contributed by atoms with Gasteiger partial charge < -0.3 is 21.1 Å². The van der Waals surface area contributed by atoms with Gasteiger partial charge in [-0.05, 0) is 11.1 Å². The zero-order valence-electron chi connectivity index (χ0n) is 8.41. The van der Waals surface area contributed by atoms with E-state index in [0.717, 1.165) is 0 Å². The molecule has 0 bridgehead atoms. The third kappa shape index (κ3) is 4.28. The number of halogens is 2. The lowest BCUT2D eigenvalue weighted by atomic mass is 10.0. The maximum Gasteiger partial charge on any atom is 0.141 e. The van der Waals surface area contributed by atoms with Crippen LogP contribution in [-0.2, 0) is 9.59 Å². The number of nitrogens with two attached hydrogens (primary N) is 2. The van der Waals surface area contributed by atoms with Crippen LogP contribution in [0.15, 0.2) is 24.3 Å². The van der Waals surface area contributed by atoms with E-state index in [1.54, 1.807) is 24.3 Å². The molecule has 0 aliphatic heterocycles. The van der Waals surface area contributed by atoms with Gasteiger partial charge in [-0.25, -0.2) is 0 Å². The molecular formula is C10H14Cl2N2O2. The molecule has 4 nitrogen and oxygen atoms in total. The maximum atomic E-state index is 10.4. The highest BCUT2D eigenvalue weighted by atomic mass is 35.5. The molecule has 2 unspecified atom stereocenters. The number of carbonyl (C=O) groups excluding carboxylic acids is 2. The number of rotatable bonds is 4. The second kappa shape index (κ2) is 8.24. The van der Waals surface area contributed by atoms with Gasteiger partial charge in [-0.1, -0.05) is 24.3 Å². The first-order valence-electron chi connectivity index (χ1n) is 4.20. The van der Waals surface area contributed by atoms with Gasteiger partial charge in [0.05, 0.1) is 12.1 Å². The molecule has 0 spiro atoms. The van der Waals surface area contributed by atoms with E-state index >= 15 is 0 Å². The number of benzene rings is 1. The van der Waals surface area contributed by atoms with E-state index in [4.69, 9.17) is 11.5 Å². The van der Waals surface area contributed by atoms with Gasteiger partial charge in [0.15, 0.2) is 0 Å². The van der Waals surface area contributed by atoms with Crippen LogP contribution < -0.4 is 11.5 Å². The lowest BCUT2D eigenvalue weighted by Gasteiger charge is -2.07. The van der Waals surface area contributed by atoms with Crippen molar-refractivity contribution < 1.29 is 9.59 Å². The molecule has 4 N–H and O–H groups in total. The van der Waals surface area contributed by atoms with E-state index < -0.39 is 12.1 Å². The van der Waals surface area contributed by atoms with Crippen LogP contribution >= 0.6 is 24.8 Å².